The van der Waals surface area contributed by atoms with E-state index < -0.39 is 23.2 Å². The Hall–Kier alpha value is -2.31. The number of alkyl halides is 2. The number of nitrogens with one attached hydrogen (secondary N) is 1. The zero-order valence-corrected chi connectivity index (χ0v) is 13.1. The number of anilines is 1. The fourth-order valence-electron chi connectivity index (χ4n) is 4.05. The monoisotopic (exact) mass is 332 g/mol. The highest BCUT2D eigenvalue weighted by Gasteiger charge is 2.80. The summed E-state index contributed by atoms with van der Waals surface area (Å²) in [6, 6.07) is 9.22. The van der Waals surface area contributed by atoms with Crippen molar-refractivity contribution in [1.82, 2.24) is 14.8 Å². The van der Waals surface area contributed by atoms with Gasteiger partial charge in [-0.1, -0.05) is 31.0 Å². The summed E-state index contributed by atoms with van der Waals surface area (Å²) in [5.74, 6) is -3.53. The minimum atomic E-state index is -2.71. The van der Waals surface area contributed by atoms with Gasteiger partial charge >= 0.3 is 0 Å². The lowest BCUT2D eigenvalue weighted by Gasteiger charge is -2.19. The van der Waals surface area contributed by atoms with Gasteiger partial charge in [0, 0.05) is 12.3 Å². The maximum atomic E-state index is 14.1. The number of amides is 1. The number of hydrogen-bond acceptors (Lipinski definition) is 3. The molecule has 2 atom stereocenters. The number of rotatable bonds is 4. The largest absolute Gasteiger partial charge is 0.294 e. The minimum absolute atomic E-state index is 0.160. The summed E-state index contributed by atoms with van der Waals surface area (Å²) < 4.78 is 29.7. The topological polar surface area (TPSA) is 59.8 Å². The van der Waals surface area contributed by atoms with Crippen LogP contribution in [-0.4, -0.2) is 26.6 Å². The van der Waals surface area contributed by atoms with Gasteiger partial charge < -0.3 is 0 Å². The molecule has 2 fully saturated rings. The van der Waals surface area contributed by atoms with Crippen LogP contribution < -0.4 is 5.32 Å². The van der Waals surface area contributed by atoms with Crippen LogP contribution in [0.2, 0.25) is 0 Å². The number of fused-ring (bicyclic) bond motifs is 1. The number of nitrogens with zero attached hydrogens (tertiary/aromatic N) is 3. The number of carbonyl (C=O) groups is 1. The van der Waals surface area contributed by atoms with Crippen LogP contribution in [0, 0.1) is 11.3 Å². The van der Waals surface area contributed by atoms with Gasteiger partial charge in [0.15, 0.2) is 0 Å². The molecule has 7 heteroatoms. The van der Waals surface area contributed by atoms with Crippen LogP contribution in [0.4, 0.5) is 14.7 Å². The van der Waals surface area contributed by atoms with Crippen molar-refractivity contribution in [3.8, 4) is 5.69 Å². The van der Waals surface area contributed by atoms with Gasteiger partial charge in [0.2, 0.25) is 11.9 Å². The molecule has 2 aromatic rings. The molecule has 0 bridgehead atoms. The first-order valence-corrected chi connectivity index (χ1v) is 8.18. The summed E-state index contributed by atoms with van der Waals surface area (Å²) in [5.41, 5.74) is -0.400. The van der Waals surface area contributed by atoms with Gasteiger partial charge in [-0.25, -0.2) is 8.78 Å². The highest BCUT2D eigenvalue weighted by Crippen LogP contribution is 2.73. The molecule has 2 aliphatic rings. The Labute approximate surface area is 138 Å². The molecule has 2 saturated carbocycles. The summed E-state index contributed by atoms with van der Waals surface area (Å²) in [4.78, 5) is 16.4. The molecule has 1 N–H and O–H groups in total. The third-order valence-corrected chi connectivity index (χ3v) is 5.33. The maximum Gasteiger partial charge on any atom is 0.258 e. The Balaban J connectivity index is 1.49. The molecule has 2 unspecified atom stereocenters. The predicted molar refractivity (Wildman–Crippen MR) is 83.9 cm³/mol. The molecule has 0 spiro atoms. The fraction of sp³-hybridized carbons (Fsp3) is 0.471. The molecule has 126 valence electrons. The van der Waals surface area contributed by atoms with E-state index in [2.05, 4.69) is 15.4 Å². The van der Waals surface area contributed by atoms with E-state index in [0.717, 1.165) is 18.5 Å². The van der Waals surface area contributed by atoms with Crippen molar-refractivity contribution in [3.63, 3.8) is 0 Å². The van der Waals surface area contributed by atoms with E-state index in [-0.39, 0.29) is 12.4 Å². The average Bonchev–Trinajstić information content (AvgIpc) is 2.88. The molecule has 2 aliphatic carbocycles. The van der Waals surface area contributed by atoms with Crippen LogP contribution in [0.25, 0.3) is 5.69 Å². The average molecular weight is 332 g/mol. The summed E-state index contributed by atoms with van der Waals surface area (Å²) >= 11 is 0. The molecular weight excluding hydrogens is 314 g/mol. The highest BCUT2D eigenvalue weighted by atomic mass is 19.3. The van der Waals surface area contributed by atoms with E-state index in [1.165, 1.54) is 11.0 Å². The maximum absolute atomic E-state index is 14.1. The van der Waals surface area contributed by atoms with Crippen LogP contribution in [0.1, 0.15) is 32.1 Å². The van der Waals surface area contributed by atoms with Gasteiger partial charge in [0.1, 0.15) is 6.33 Å². The smallest absolute Gasteiger partial charge is 0.258 e. The van der Waals surface area contributed by atoms with Crippen molar-refractivity contribution in [2.45, 2.75) is 38.0 Å². The van der Waals surface area contributed by atoms with Gasteiger partial charge in [0.25, 0.3) is 5.92 Å². The lowest BCUT2D eigenvalue weighted by molar-refractivity contribution is -0.118. The lowest BCUT2D eigenvalue weighted by Crippen LogP contribution is -2.24. The molecule has 24 heavy (non-hydrogen) atoms. The highest BCUT2D eigenvalue weighted by molar-refractivity contribution is 5.90. The second-order valence-corrected chi connectivity index (χ2v) is 6.63. The Morgan fingerprint density at radius 2 is 2.08 bits per heavy atom. The van der Waals surface area contributed by atoms with Crippen LogP contribution >= 0.6 is 0 Å². The summed E-state index contributed by atoms with van der Waals surface area (Å²) in [6.45, 7) is 0. The van der Waals surface area contributed by atoms with Gasteiger partial charge in [-0.05, 0) is 25.0 Å². The summed E-state index contributed by atoms with van der Waals surface area (Å²) in [7, 11) is 0. The molecule has 1 aromatic heterocycles. The van der Waals surface area contributed by atoms with E-state index in [1.807, 2.05) is 30.3 Å². The third kappa shape index (κ3) is 2.22. The zero-order chi connectivity index (χ0) is 16.8. The standard InChI is InChI=1S/C17H18F2N4O/c18-17(19)13-8-4-5-9-16(13,17)10-14(24)22-15-20-11-21-23(15)12-6-2-1-3-7-12/h1-3,6-7,11,13H,4-5,8-10H2,(H,20,21,22,24). The molecule has 4 rings (SSSR count). The first-order valence-electron chi connectivity index (χ1n) is 8.18. The van der Waals surface area contributed by atoms with Crippen molar-refractivity contribution < 1.29 is 13.6 Å². The third-order valence-electron chi connectivity index (χ3n) is 5.33. The van der Waals surface area contributed by atoms with Gasteiger partial charge in [0.05, 0.1) is 11.1 Å². The Kier molecular flexibility index (Phi) is 3.40. The van der Waals surface area contributed by atoms with Crippen molar-refractivity contribution in [2.24, 2.45) is 11.3 Å². The fourth-order valence-corrected chi connectivity index (χ4v) is 4.05. The SMILES string of the molecule is O=C(CC12CCCCC1C2(F)F)Nc1ncnn1-c1ccccc1. The first kappa shape index (κ1) is 15.2. The number of halogens is 2. The van der Waals surface area contributed by atoms with E-state index in [0.29, 0.717) is 12.8 Å². The van der Waals surface area contributed by atoms with Crippen LogP contribution in [0.5, 0.6) is 0 Å². The molecule has 0 aliphatic heterocycles. The van der Waals surface area contributed by atoms with E-state index in [1.54, 1.807) is 0 Å². The quantitative estimate of drug-likeness (QED) is 0.933. The van der Waals surface area contributed by atoms with Gasteiger partial charge in [-0.15, -0.1) is 0 Å². The molecule has 5 nitrogen and oxygen atoms in total. The Morgan fingerprint density at radius 3 is 2.83 bits per heavy atom. The van der Waals surface area contributed by atoms with Crippen LogP contribution in [0.3, 0.4) is 0 Å². The van der Waals surface area contributed by atoms with Gasteiger partial charge in [-0.3, -0.25) is 10.1 Å². The van der Waals surface area contributed by atoms with E-state index in [4.69, 9.17) is 0 Å². The predicted octanol–water partition coefficient (Wildman–Crippen LogP) is 3.42. The van der Waals surface area contributed by atoms with Crippen LogP contribution in [0.15, 0.2) is 36.7 Å². The number of hydrogen-bond donors (Lipinski definition) is 1. The minimum Gasteiger partial charge on any atom is -0.294 e. The first-order chi connectivity index (χ1) is 11.5. The van der Waals surface area contributed by atoms with Crippen LogP contribution in [-0.2, 0) is 4.79 Å². The molecule has 0 saturated heterocycles. The van der Waals surface area contributed by atoms with Crippen molar-refractivity contribution in [1.29, 1.82) is 0 Å². The number of benzene rings is 1. The molecule has 0 radical (unpaired) electrons. The van der Waals surface area contributed by atoms with E-state index in [9.17, 15) is 13.6 Å². The number of carbonyl (C=O) groups excluding carboxylic acids is 1. The van der Waals surface area contributed by atoms with E-state index >= 15 is 0 Å². The molecule has 1 heterocycles. The normalized spacial score (nSPS) is 27.3. The molecule has 1 aromatic carbocycles. The number of aromatic nitrogens is 3. The van der Waals surface area contributed by atoms with Crippen molar-refractivity contribution >= 4 is 11.9 Å². The Morgan fingerprint density at radius 1 is 1.29 bits per heavy atom. The second kappa shape index (κ2) is 5.36. The molecular formula is C17H18F2N4O. The zero-order valence-electron chi connectivity index (χ0n) is 13.1. The molecule has 1 amide bonds. The second-order valence-electron chi connectivity index (χ2n) is 6.63. The van der Waals surface area contributed by atoms with Crippen molar-refractivity contribution in [2.75, 3.05) is 5.32 Å². The Bertz CT molecular complexity index is 761. The van der Waals surface area contributed by atoms with Crippen molar-refractivity contribution in [3.05, 3.63) is 36.7 Å². The lowest BCUT2D eigenvalue weighted by atomic mass is 9.85. The van der Waals surface area contributed by atoms with Gasteiger partial charge in [-0.2, -0.15) is 14.8 Å². The number of para-hydroxylation sites is 1. The summed E-state index contributed by atoms with van der Waals surface area (Å²) in [6.07, 6.45) is 3.69. The summed E-state index contributed by atoms with van der Waals surface area (Å²) in [5, 5.41) is 6.73.